The Morgan fingerprint density at radius 1 is 0.962 bits per heavy atom. The largest absolute Gasteiger partial charge is 0.417 e. The molecule has 26 heavy (non-hydrogen) atoms. The van der Waals surface area contributed by atoms with Crippen LogP contribution < -0.4 is 17.2 Å². The highest BCUT2D eigenvalue weighted by Crippen LogP contribution is 2.32. The number of rotatable bonds is 2. The Labute approximate surface area is 150 Å². The molecular weight excluding hydrogens is 351 g/mol. The van der Waals surface area contributed by atoms with Gasteiger partial charge in [0.25, 0.3) is 5.91 Å². The Balaban J connectivity index is 0.00000146. The molecule has 1 aromatic carbocycles. The van der Waals surface area contributed by atoms with Crippen LogP contribution in [0.15, 0.2) is 24.3 Å². The van der Waals surface area contributed by atoms with Crippen molar-refractivity contribution in [1.29, 1.82) is 0 Å². The van der Waals surface area contributed by atoms with E-state index in [1.807, 2.05) is 0 Å². The van der Waals surface area contributed by atoms with Crippen LogP contribution in [0.4, 0.5) is 13.2 Å². The van der Waals surface area contributed by atoms with Crippen LogP contribution in [0, 0.1) is 0 Å². The number of hydrogen-bond acceptors (Lipinski definition) is 5. The number of nitrogens with two attached hydrogens (primary N) is 3. The molecule has 1 aromatic rings. The van der Waals surface area contributed by atoms with E-state index in [0.29, 0.717) is 0 Å². The van der Waals surface area contributed by atoms with Gasteiger partial charge in [-0.3, -0.25) is 9.59 Å². The Bertz CT molecular complexity index is 573. The summed E-state index contributed by atoms with van der Waals surface area (Å²) in [5, 5.41) is 0. The summed E-state index contributed by atoms with van der Waals surface area (Å²) in [4.78, 5) is 26.6. The van der Waals surface area contributed by atoms with E-state index in [1.165, 1.54) is 42.1 Å². The fraction of sp³-hybridized carbons (Fsp3) is 0.500. The molecule has 7 nitrogen and oxygen atoms in total. The average molecular weight is 377 g/mol. The molecule has 0 aromatic heterocycles. The summed E-state index contributed by atoms with van der Waals surface area (Å²) >= 11 is 0. The summed E-state index contributed by atoms with van der Waals surface area (Å²) in [6, 6.07) is 4.71. The van der Waals surface area contributed by atoms with Crippen LogP contribution >= 0.6 is 0 Å². The maximum Gasteiger partial charge on any atom is 0.417 e. The molecule has 0 atom stereocenters. The molecule has 0 unspecified atom stereocenters. The van der Waals surface area contributed by atoms with Gasteiger partial charge in [0.1, 0.15) is 0 Å². The van der Waals surface area contributed by atoms with E-state index in [1.54, 1.807) is 0 Å². The molecule has 10 heteroatoms. The van der Waals surface area contributed by atoms with Crippen LogP contribution in [0.25, 0.3) is 0 Å². The maximum atomic E-state index is 13.0. The Hall–Kier alpha value is -2.17. The SMILES string of the molecule is CN.CN.NCC(=O)N1CCN(C(=O)c2ccccc2C(F)(F)F)CC1. The van der Waals surface area contributed by atoms with Crippen molar-refractivity contribution in [3.63, 3.8) is 0 Å². The van der Waals surface area contributed by atoms with Crippen molar-refractivity contribution in [3.8, 4) is 0 Å². The molecule has 0 spiro atoms. The van der Waals surface area contributed by atoms with E-state index in [0.717, 1.165) is 6.07 Å². The molecule has 0 aliphatic carbocycles. The lowest BCUT2D eigenvalue weighted by molar-refractivity contribution is -0.138. The third kappa shape index (κ3) is 6.28. The first-order chi connectivity index (χ1) is 12.3. The zero-order valence-electron chi connectivity index (χ0n) is 14.9. The first-order valence-corrected chi connectivity index (χ1v) is 7.93. The fourth-order valence-corrected chi connectivity index (χ4v) is 2.38. The molecule has 1 fully saturated rings. The van der Waals surface area contributed by atoms with Crippen molar-refractivity contribution in [2.75, 3.05) is 46.8 Å². The number of nitrogens with zero attached hydrogens (tertiary/aromatic N) is 2. The standard InChI is InChI=1S/C14H16F3N3O2.2CH5N/c15-14(16,17)11-4-2-1-3-10(11)13(22)20-7-5-19(6-8-20)12(21)9-18;2*1-2/h1-4H,5-9,18H2;2*2H2,1H3. The summed E-state index contributed by atoms with van der Waals surface area (Å²) in [5.74, 6) is -0.907. The molecule has 2 amide bonds. The van der Waals surface area contributed by atoms with Crippen LogP contribution in [-0.4, -0.2) is 68.4 Å². The van der Waals surface area contributed by atoms with E-state index < -0.39 is 17.6 Å². The summed E-state index contributed by atoms with van der Waals surface area (Å²) in [5.41, 5.74) is 12.9. The molecule has 1 saturated heterocycles. The number of alkyl halides is 3. The highest BCUT2D eigenvalue weighted by molar-refractivity contribution is 5.96. The van der Waals surface area contributed by atoms with Gasteiger partial charge in [-0.2, -0.15) is 13.2 Å². The fourth-order valence-electron chi connectivity index (χ4n) is 2.38. The second-order valence-corrected chi connectivity index (χ2v) is 4.92. The predicted molar refractivity (Wildman–Crippen MR) is 93.2 cm³/mol. The molecule has 1 heterocycles. The lowest BCUT2D eigenvalue weighted by atomic mass is 10.1. The van der Waals surface area contributed by atoms with Gasteiger partial charge in [-0.15, -0.1) is 0 Å². The lowest BCUT2D eigenvalue weighted by Crippen LogP contribution is -2.52. The zero-order chi connectivity index (χ0) is 20.3. The Kier molecular flexibility index (Phi) is 10.5. The molecule has 1 aliphatic heterocycles. The van der Waals surface area contributed by atoms with Crippen molar-refractivity contribution in [1.82, 2.24) is 9.80 Å². The number of hydrogen-bond donors (Lipinski definition) is 3. The third-order valence-electron chi connectivity index (χ3n) is 3.56. The number of halogens is 3. The lowest BCUT2D eigenvalue weighted by Gasteiger charge is -2.35. The molecule has 6 N–H and O–H groups in total. The molecule has 148 valence electrons. The van der Waals surface area contributed by atoms with Gasteiger partial charge in [-0.05, 0) is 26.2 Å². The first-order valence-electron chi connectivity index (χ1n) is 7.93. The topological polar surface area (TPSA) is 119 Å². The normalized spacial score (nSPS) is 13.8. The van der Waals surface area contributed by atoms with Crippen molar-refractivity contribution in [3.05, 3.63) is 35.4 Å². The van der Waals surface area contributed by atoms with Gasteiger partial charge in [0, 0.05) is 26.2 Å². The zero-order valence-corrected chi connectivity index (χ0v) is 14.9. The van der Waals surface area contributed by atoms with E-state index in [9.17, 15) is 22.8 Å². The number of amides is 2. The molecule has 1 aliphatic rings. The summed E-state index contributed by atoms with van der Waals surface area (Å²) in [6.45, 7) is 0.810. The number of carbonyl (C=O) groups excluding carboxylic acids is 2. The van der Waals surface area contributed by atoms with Gasteiger partial charge >= 0.3 is 6.18 Å². The van der Waals surface area contributed by atoms with E-state index in [4.69, 9.17) is 5.73 Å². The van der Waals surface area contributed by atoms with Gasteiger partial charge < -0.3 is 27.0 Å². The van der Waals surface area contributed by atoms with Crippen LogP contribution in [0.5, 0.6) is 0 Å². The van der Waals surface area contributed by atoms with Crippen molar-refractivity contribution in [2.45, 2.75) is 6.18 Å². The van der Waals surface area contributed by atoms with Gasteiger partial charge in [-0.1, -0.05) is 12.1 Å². The van der Waals surface area contributed by atoms with E-state index in [2.05, 4.69) is 11.5 Å². The van der Waals surface area contributed by atoms with Crippen LogP contribution in [-0.2, 0) is 11.0 Å². The predicted octanol–water partition coefficient (Wildman–Crippen LogP) is 0.0983. The van der Waals surface area contributed by atoms with Gasteiger partial charge in [-0.25, -0.2) is 0 Å². The summed E-state index contributed by atoms with van der Waals surface area (Å²) < 4.78 is 38.9. The minimum absolute atomic E-state index is 0.120. The quantitative estimate of drug-likeness (QED) is 0.675. The van der Waals surface area contributed by atoms with Crippen molar-refractivity contribution in [2.24, 2.45) is 17.2 Å². The molecule has 0 radical (unpaired) electrons. The van der Waals surface area contributed by atoms with Crippen LogP contribution in [0.3, 0.4) is 0 Å². The van der Waals surface area contributed by atoms with Gasteiger partial charge in [0.15, 0.2) is 0 Å². The summed E-state index contributed by atoms with van der Waals surface area (Å²) in [7, 11) is 3.00. The number of carbonyl (C=O) groups is 2. The second-order valence-electron chi connectivity index (χ2n) is 4.92. The van der Waals surface area contributed by atoms with Crippen LogP contribution in [0.2, 0.25) is 0 Å². The van der Waals surface area contributed by atoms with E-state index in [-0.39, 0.29) is 44.2 Å². The van der Waals surface area contributed by atoms with E-state index >= 15 is 0 Å². The molecular formula is C16H26F3N5O2. The maximum absolute atomic E-state index is 13.0. The molecule has 0 bridgehead atoms. The third-order valence-corrected chi connectivity index (χ3v) is 3.56. The summed E-state index contributed by atoms with van der Waals surface area (Å²) in [6.07, 6.45) is -4.58. The Morgan fingerprint density at radius 2 is 1.42 bits per heavy atom. The smallest absolute Gasteiger partial charge is 0.338 e. The van der Waals surface area contributed by atoms with Crippen LogP contribution in [0.1, 0.15) is 15.9 Å². The first kappa shape index (κ1) is 23.8. The molecule has 2 rings (SSSR count). The number of benzene rings is 1. The van der Waals surface area contributed by atoms with Gasteiger partial charge in [0.05, 0.1) is 17.7 Å². The molecule has 0 saturated carbocycles. The monoisotopic (exact) mass is 377 g/mol. The second kappa shape index (κ2) is 11.4. The minimum atomic E-state index is -4.58. The average Bonchev–Trinajstić information content (AvgIpc) is 2.69. The minimum Gasteiger partial charge on any atom is -0.338 e. The highest BCUT2D eigenvalue weighted by atomic mass is 19.4. The highest BCUT2D eigenvalue weighted by Gasteiger charge is 2.36. The number of piperazine rings is 1. The Morgan fingerprint density at radius 3 is 1.88 bits per heavy atom. The van der Waals surface area contributed by atoms with Crippen molar-refractivity contribution < 1.29 is 22.8 Å². The van der Waals surface area contributed by atoms with Gasteiger partial charge in [0.2, 0.25) is 5.91 Å². The van der Waals surface area contributed by atoms with Crippen molar-refractivity contribution >= 4 is 11.8 Å².